The number of hydrogen-bond donors (Lipinski definition) is 1. The summed E-state index contributed by atoms with van der Waals surface area (Å²) in [5.74, 6) is -1.57. The molecule has 0 fully saturated rings. The molecule has 0 aliphatic carbocycles. The zero-order valence-corrected chi connectivity index (χ0v) is 21.3. The Labute approximate surface area is 222 Å². The molecule has 8 nitrogen and oxygen atoms in total. The van der Waals surface area contributed by atoms with Gasteiger partial charge in [-0.1, -0.05) is 47.7 Å². The molecular formula is C29H25N3O5S. The molecule has 0 radical (unpaired) electrons. The van der Waals surface area contributed by atoms with Crippen LogP contribution in [0.25, 0.3) is 21.0 Å². The van der Waals surface area contributed by atoms with E-state index in [0.717, 1.165) is 26.9 Å². The lowest BCUT2D eigenvalue weighted by Gasteiger charge is -2.11. The molecule has 5 aromatic rings. The molecule has 2 heterocycles. The Bertz CT molecular complexity index is 1660. The second kappa shape index (κ2) is 11.4. The minimum atomic E-state index is -1.09. The maximum Gasteiger partial charge on any atom is 0.307 e. The number of carbonyl (C=O) groups is 2. The summed E-state index contributed by atoms with van der Waals surface area (Å²) in [6.45, 7) is 0.592. The van der Waals surface area contributed by atoms with Crippen molar-refractivity contribution in [1.29, 1.82) is 0 Å². The van der Waals surface area contributed by atoms with Crippen molar-refractivity contribution in [3.8, 4) is 5.75 Å². The molecule has 0 amide bonds. The Balaban J connectivity index is 1.23. The number of ketones is 1. The standard InChI is InChI=1S/C29H25N3O5S/c33-25(16-21(29(35)36)12-14-32-28(34)23-8-4-5-9-24(23)30-31-32)27-17-20-10-11-22(18-26(20)38-27)37-15-13-19-6-2-1-3-7-19/h1-11,17-18,21H,12-16H2,(H,35,36). The number of carbonyl (C=O) groups excluding carboxylic acids is 1. The molecule has 0 spiro atoms. The predicted octanol–water partition coefficient (Wildman–Crippen LogP) is 4.99. The Morgan fingerprint density at radius 3 is 2.61 bits per heavy atom. The molecule has 38 heavy (non-hydrogen) atoms. The zero-order chi connectivity index (χ0) is 26.5. The molecule has 0 saturated carbocycles. The van der Waals surface area contributed by atoms with E-state index >= 15 is 0 Å². The summed E-state index contributed by atoms with van der Waals surface area (Å²) in [6, 6.07) is 24.4. The quantitative estimate of drug-likeness (QED) is 0.241. The topological polar surface area (TPSA) is 111 Å². The summed E-state index contributed by atoms with van der Waals surface area (Å²) in [7, 11) is 0. The van der Waals surface area contributed by atoms with Crippen molar-refractivity contribution < 1.29 is 19.4 Å². The van der Waals surface area contributed by atoms with Crippen molar-refractivity contribution in [2.24, 2.45) is 5.92 Å². The third-order valence-electron chi connectivity index (χ3n) is 6.37. The van der Waals surface area contributed by atoms with E-state index in [4.69, 9.17) is 4.74 Å². The van der Waals surface area contributed by atoms with Crippen LogP contribution in [0.4, 0.5) is 0 Å². The molecule has 1 N–H and O–H groups in total. The summed E-state index contributed by atoms with van der Waals surface area (Å²) in [6.07, 6.45) is 0.706. The number of carboxylic acid groups (broad SMARTS) is 1. The largest absolute Gasteiger partial charge is 0.493 e. The fourth-order valence-electron chi connectivity index (χ4n) is 4.26. The molecule has 5 rings (SSSR count). The van der Waals surface area contributed by atoms with Gasteiger partial charge < -0.3 is 9.84 Å². The molecule has 1 atom stereocenters. The van der Waals surface area contributed by atoms with E-state index < -0.39 is 11.9 Å². The lowest BCUT2D eigenvalue weighted by Crippen LogP contribution is -2.27. The van der Waals surface area contributed by atoms with Crippen LogP contribution in [0.2, 0.25) is 0 Å². The maximum atomic E-state index is 13.0. The Morgan fingerprint density at radius 1 is 1.00 bits per heavy atom. The van der Waals surface area contributed by atoms with Crippen LogP contribution in [0.1, 0.15) is 28.1 Å². The lowest BCUT2D eigenvalue weighted by atomic mass is 9.98. The first-order chi connectivity index (χ1) is 18.5. The average Bonchev–Trinajstić information content (AvgIpc) is 3.36. The second-order valence-corrected chi connectivity index (χ2v) is 10.1. The van der Waals surface area contributed by atoms with E-state index in [1.165, 1.54) is 16.9 Å². The normalized spacial score (nSPS) is 12.0. The van der Waals surface area contributed by atoms with Crippen molar-refractivity contribution in [2.45, 2.75) is 25.8 Å². The van der Waals surface area contributed by atoms with Crippen molar-refractivity contribution in [1.82, 2.24) is 15.0 Å². The lowest BCUT2D eigenvalue weighted by molar-refractivity contribution is -0.142. The first-order valence-electron chi connectivity index (χ1n) is 12.3. The monoisotopic (exact) mass is 527 g/mol. The van der Waals surface area contributed by atoms with Gasteiger partial charge in [0.15, 0.2) is 5.78 Å². The number of carboxylic acids is 1. The first kappa shape index (κ1) is 25.3. The van der Waals surface area contributed by atoms with E-state index in [0.29, 0.717) is 22.4 Å². The summed E-state index contributed by atoms with van der Waals surface area (Å²) in [5.41, 5.74) is 1.34. The van der Waals surface area contributed by atoms with E-state index in [1.807, 2.05) is 36.4 Å². The molecule has 0 bridgehead atoms. The molecule has 192 valence electrons. The van der Waals surface area contributed by atoms with Crippen molar-refractivity contribution in [3.05, 3.63) is 99.7 Å². The number of aromatic nitrogens is 3. The van der Waals surface area contributed by atoms with Gasteiger partial charge in [0.05, 0.1) is 22.8 Å². The number of ether oxygens (including phenoxy) is 1. The highest BCUT2D eigenvalue weighted by Crippen LogP contribution is 2.31. The van der Waals surface area contributed by atoms with Gasteiger partial charge in [0, 0.05) is 24.1 Å². The average molecular weight is 528 g/mol. The molecule has 0 aliphatic rings. The molecular weight excluding hydrogens is 502 g/mol. The second-order valence-electron chi connectivity index (χ2n) is 8.98. The SMILES string of the molecule is O=C(CC(CCn1nnc2ccccc2c1=O)C(=O)O)c1cc2ccc(OCCc3ccccc3)cc2s1. The zero-order valence-electron chi connectivity index (χ0n) is 20.4. The minimum Gasteiger partial charge on any atom is -0.493 e. The highest BCUT2D eigenvalue weighted by atomic mass is 32.1. The fraction of sp³-hybridized carbons (Fsp3) is 0.207. The molecule has 0 aliphatic heterocycles. The minimum absolute atomic E-state index is 0.0526. The third-order valence-corrected chi connectivity index (χ3v) is 7.51. The van der Waals surface area contributed by atoms with Gasteiger partial charge in [0.2, 0.25) is 0 Å². The smallest absolute Gasteiger partial charge is 0.307 e. The van der Waals surface area contributed by atoms with Crippen LogP contribution in [-0.4, -0.2) is 38.5 Å². The van der Waals surface area contributed by atoms with Gasteiger partial charge in [-0.2, -0.15) is 0 Å². The van der Waals surface area contributed by atoms with Gasteiger partial charge in [-0.25, -0.2) is 4.68 Å². The fourth-order valence-corrected chi connectivity index (χ4v) is 5.30. The third kappa shape index (κ3) is 5.78. The number of aryl methyl sites for hydroxylation is 1. The number of benzene rings is 3. The Hall–Kier alpha value is -4.37. The highest BCUT2D eigenvalue weighted by molar-refractivity contribution is 7.20. The summed E-state index contributed by atoms with van der Waals surface area (Å²) in [5, 5.41) is 19.0. The van der Waals surface area contributed by atoms with E-state index in [9.17, 15) is 19.5 Å². The molecule has 3 aromatic carbocycles. The van der Waals surface area contributed by atoms with E-state index in [1.54, 1.807) is 30.3 Å². The molecule has 2 aromatic heterocycles. The summed E-state index contributed by atoms with van der Waals surface area (Å²) >= 11 is 1.32. The van der Waals surface area contributed by atoms with Gasteiger partial charge in [-0.3, -0.25) is 14.4 Å². The van der Waals surface area contributed by atoms with Crippen LogP contribution >= 0.6 is 11.3 Å². The molecule has 9 heteroatoms. The number of thiophene rings is 1. The summed E-state index contributed by atoms with van der Waals surface area (Å²) in [4.78, 5) is 38.1. The van der Waals surface area contributed by atoms with Crippen LogP contribution in [0.5, 0.6) is 5.75 Å². The number of rotatable bonds is 11. The van der Waals surface area contributed by atoms with Crippen molar-refractivity contribution in [2.75, 3.05) is 6.61 Å². The number of hydrogen-bond acceptors (Lipinski definition) is 7. The molecule has 1 unspecified atom stereocenters. The van der Waals surface area contributed by atoms with Crippen LogP contribution in [0.15, 0.2) is 83.7 Å². The predicted molar refractivity (Wildman–Crippen MR) is 146 cm³/mol. The maximum absolute atomic E-state index is 13.0. The van der Waals surface area contributed by atoms with Crippen LogP contribution < -0.4 is 10.3 Å². The van der Waals surface area contributed by atoms with Crippen molar-refractivity contribution in [3.63, 3.8) is 0 Å². The highest BCUT2D eigenvalue weighted by Gasteiger charge is 2.24. The number of fused-ring (bicyclic) bond motifs is 2. The van der Waals surface area contributed by atoms with Gasteiger partial charge in [-0.15, -0.1) is 16.4 Å². The van der Waals surface area contributed by atoms with Crippen LogP contribution in [0, 0.1) is 5.92 Å². The Kier molecular flexibility index (Phi) is 7.55. The van der Waals surface area contributed by atoms with Gasteiger partial charge in [-0.05, 0) is 53.8 Å². The van der Waals surface area contributed by atoms with Crippen molar-refractivity contribution >= 4 is 44.1 Å². The number of Topliss-reactive ketones (excluding diaryl/α,β-unsaturated/α-hetero) is 1. The number of nitrogens with zero attached hydrogens (tertiary/aromatic N) is 3. The van der Waals surface area contributed by atoms with Gasteiger partial charge >= 0.3 is 5.97 Å². The summed E-state index contributed by atoms with van der Waals surface area (Å²) < 4.78 is 7.95. The first-order valence-corrected chi connectivity index (χ1v) is 13.1. The van der Waals surface area contributed by atoms with E-state index in [-0.39, 0.29) is 30.7 Å². The van der Waals surface area contributed by atoms with Crippen LogP contribution in [-0.2, 0) is 17.8 Å². The van der Waals surface area contributed by atoms with Gasteiger partial charge in [0.25, 0.3) is 5.56 Å². The van der Waals surface area contributed by atoms with Gasteiger partial charge in [0.1, 0.15) is 11.3 Å². The van der Waals surface area contributed by atoms with Crippen LogP contribution in [0.3, 0.4) is 0 Å². The Morgan fingerprint density at radius 2 is 1.79 bits per heavy atom. The number of aliphatic carboxylic acids is 1. The van der Waals surface area contributed by atoms with E-state index in [2.05, 4.69) is 22.4 Å². The molecule has 0 saturated heterocycles.